The SMILES string of the molecule is NC(Cc1cccc(F)c1F)CC1CCC1. The first-order valence-corrected chi connectivity index (χ1v) is 5.85. The van der Waals surface area contributed by atoms with Crippen molar-refractivity contribution < 1.29 is 8.78 Å². The van der Waals surface area contributed by atoms with Crippen LogP contribution in [0.4, 0.5) is 8.78 Å². The number of rotatable bonds is 4. The van der Waals surface area contributed by atoms with Gasteiger partial charge in [-0.2, -0.15) is 0 Å². The Balaban J connectivity index is 1.94. The molecular formula is C13H17F2N. The Kier molecular flexibility index (Phi) is 3.54. The molecule has 0 aliphatic heterocycles. The molecule has 0 heterocycles. The molecule has 88 valence electrons. The van der Waals surface area contributed by atoms with Crippen molar-refractivity contribution in [2.75, 3.05) is 0 Å². The zero-order valence-electron chi connectivity index (χ0n) is 9.26. The molecular weight excluding hydrogens is 208 g/mol. The Labute approximate surface area is 94.7 Å². The van der Waals surface area contributed by atoms with Gasteiger partial charge in [0.25, 0.3) is 0 Å². The van der Waals surface area contributed by atoms with E-state index in [4.69, 9.17) is 5.73 Å². The van der Waals surface area contributed by atoms with Crippen LogP contribution >= 0.6 is 0 Å². The van der Waals surface area contributed by atoms with Crippen LogP contribution in [0.2, 0.25) is 0 Å². The summed E-state index contributed by atoms with van der Waals surface area (Å²) in [4.78, 5) is 0. The molecule has 1 saturated carbocycles. The number of hydrogen-bond acceptors (Lipinski definition) is 1. The van der Waals surface area contributed by atoms with Crippen molar-refractivity contribution in [3.05, 3.63) is 35.4 Å². The molecule has 1 aromatic carbocycles. The van der Waals surface area contributed by atoms with E-state index in [1.54, 1.807) is 6.07 Å². The summed E-state index contributed by atoms with van der Waals surface area (Å²) in [5.74, 6) is -0.827. The van der Waals surface area contributed by atoms with E-state index in [9.17, 15) is 8.78 Å². The molecule has 0 aromatic heterocycles. The van der Waals surface area contributed by atoms with Gasteiger partial charge in [-0.3, -0.25) is 0 Å². The molecule has 0 amide bonds. The lowest BCUT2D eigenvalue weighted by molar-refractivity contribution is 0.275. The number of hydrogen-bond donors (Lipinski definition) is 1. The third-order valence-corrected chi connectivity index (χ3v) is 3.37. The molecule has 0 bridgehead atoms. The number of benzene rings is 1. The van der Waals surface area contributed by atoms with Crippen LogP contribution in [0.1, 0.15) is 31.2 Å². The zero-order valence-corrected chi connectivity index (χ0v) is 9.26. The van der Waals surface area contributed by atoms with E-state index in [1.807, 2.05) is 0 Å². The quantitative estimate of drug-likeness (QED) is 0.837. The van der Waals surface area contributed by atoms with Gasteiger partial charge in [-0.1, -0.05) is 31.4 Å². The fourth-order valence-corrected chi connectivity index (χ4v) is 2.23. The Morgan fingerprint density at radius 3 is 2.69 bits per heavy atom. The van der Waals surface area contributed by atoms with Crippen LogP contribution in [0.15, 0.2) is 18.2 Å². The van der Waals surface area contributed by atoms with E-state index in [0.717, 1.165) is 12.5 Å². The summed E-state index contributed by atoms with van der Waals surface area (Å²) in [6.07, 6.45) is 5.11. The van der Waals surface area contributed by atoms with E-state index in [1.165, 1.54) is 25.3 Å². The van der Waals surface area contributed by atoms with Crippen LogP contribution in [-0.2, 0) is 6.42 Å². The average Bonchev–Trinajstić information content (AvgIpc) is 2.19. The summed E-state index contributed by atoms with van der Waals surface area (Å²) in [7, 11) is 0. The van der Waals surface area contributed by atoms with Gasteiger partial charge >= 0.3 is 0 Å². The summed E-state index contributed by atoms with van der Waals surface area (Å²) >= 11 is 0. The molecule has 2 N–H and O–H groups in total. The average molecular weight is 225 g/mol. The minimum atomic E-state index is -0.784. The van der Waals surface area contributed by atoms with E-state index in [2.05, 4.69) is 0 Å². The van der Waals surface area contributed by atoms with Gasteiger partial charge in [0.2, 0.25) is 0 Å². The Morgan fingerprint density at radius 2 is 2.06 bits per heavy atom. The molecule has 1 unspecified atom stereocenters. The third-order valence-electron chi connectivity index (χ3n) is 3.37. The molecule has 1 aromatic rings. The van der Waals surface area contributed by atoms with Crippen molar-refractivity contribution in [2.24, 2.45) is 11.7 Å². The highest BCUT2D eigenvalue weighted by Gasteiger charge is 2.21. The van der Waals surface area contributed by atoms with Gasteiger partial charge in [0.15, 0.2) is 11.6 Å². The first kappa shape index (κ1) is 11.5. The Morgan fingerprint density at radius 1 is 1.31 bits per heavy atom. The molecule has 2 rings (SSSR count). The van der Waals surface area contributed by atoms with Crippen LogP contribution in [-0.4, -0.2) is 6.04 Å². The molecule has 0 saturated heterocycles. The summed E-state index contributed by atoms with van der Waals surface area (Å²) in [5.41, 5.74) is 6.34. The van der Waals surface area contributed by atoms with Crippen molar-refractivity contribution in [1.29, 1.82) is 0 Å². The second kappa shape index (κ2) is 4.91. The first-order chi connectivity index (χ1) is 7.66. The molecule has 1 fully saturated rings. The smallest absolute Gasteiger partial charge is 0.162 e. The van der Waals surface area contributed by atoms with Gasteiger partial charge in [0.05, 0.1) is 0 Å². The maximum Gasteiger partial charge on any atom is 0.162 e. The van der Waals surface area contributed by atoms with Gasteiger partial charge in [0, 0.05) is 6.04 Å². The molecule has 1 atom stereocenters. The lowest BCUT2D eigenvalue weighted by Crippen LogP contribution is -2.29. The monoisotopic (exact) mass is 225 g/mol. The number of halogens is 2. The van der Waals surface area contributed by atoms with Crippen molar-refractivity contribution >= 4 is 0 Å². The highest BCUT2D eigenvalue weighted by Crippen LogP contribution is 2.30. The highest BCUT2D eigenvalue weighted by molar-refractivity contribution is 5.19. The summed E-state index contributed by atoms with van der Waals surface area (Å²) in [5, 5.41) is 0. The third kappa shape index (κ3) is 2.59. The van der Waals surface area contributed by atoms with E-state index in [-0.39, 0.29) is 6.04 Å². The lowest BCUT2D eigenvalue weighted by Gasteiger charge is -2.28. The molecule has 0 radical (unpaired) electrons. The van der Waals surface area contributed by atoms with E-state index < -0.39 is 11.6 Å². The van der Waals surface area contributed by atoms with Gasteiger partial charge < -0.3 is 5.73 Å². The Hall–Kier alpha value is -0.960. The van der Waals surface area contributed by atoms with E-state index in [0.29, 0.717) is 17.9 Å². The molecule has 16 heavy (non-hydrogen) atoms. The van der Waals surface area contributed by atoms with E-state index >= 15 is 0 Å². The molecule has 1 aliphatic carbocycles. The van der Waals surface area contributed by atoms with Gasteiger partial charge in [-0.25, -0.2) is 8.78 Å². The maximum atomic E-state index is 13.4. The minimum absolute atomic E-state index is 0.0541. The van der Waals surface area contributed by atoms with Gasteiger partial charge in [0.1, 0.15) is 0 Å². The molecule has 1 nitrogen and oxygen atoms in total. The van der Waals surface area contributed by atoms with Crippen molar-refractivity contribution in [1.82, 2.24) is 0 Å². The predicted octanol–water partition coefficient (Wildman–Crippen LogP) is 3.02. The van der Waals surface area contributed by atoms with Crippen LogP contribution in [0.3, 0.4) is 0 Å². The minimum Gasteiger partial charge on any atom is -0.327 e. The molecule has 3 heteroatoms. The largest absolute Gasteiger partial charge is 0.327 e. The van der Waals surface area contributed by atoms with Gasteiger partial charge in [-0.15, -0.1) is 0 Å². The van der Waals surface area contributed by atoms with Crippen LogP contribution in [0.25, 0.3) is 0 Å². The standard InChI is InChI=1S/C13H17F2N/c14-12-6-2-5-10(13(12)15)8-11(16)7-9-3-1-4-9/h2,5-6,9,11H,1,3-4,7-8,16H2. The number of nitrogens with two attached hydrogens (primary N) is 1. The summed E-state index contributed by atoms with van der Waals surface area (Å²) < 4.78 is 26.3. The maximum absolute atomic E-state index is 13.4. The zero-order chi connectivity index (χ0) is 11.5. The topological polar surface area (TPSA) is 26.0 Å². The van der Waals surface area contributed by atoms with Crippen molar-refractivity contribution in [2.45, 2.75) is 38.1 Å². The summed E-state index contributed by atoms with van der Waals surface area (Å²) in [6.45, 7) is 0. The second-order valence-corrected chi connectivity index (χ2v) is 4.71. The highest BCUT2D eigenvalue weighted by atomic mass is 19.2. The van der Waals surface area contributed by atoms with Crippen molar-refractivity contribution in [3.63, 3.8) is 0 Å². The fourth-order valence-electron chi connectivity index (χ4n) is 2.23. The molecule has 0 spiro atoms. The second-order valence-electron chi connectivity index (χ2n) is 4.71. The van der Waals surface area contributed by atoms with Gasteiger partial charge in [-0.05, 0) is 30.4 Å². The summed E-state index contributed by atoms with van der Waals surface area (Å²) in [6, 6.07) is 4.22. The Bertz CT molecular complexity index is 361. The first-order valence-electron chi connectivity index (χ1n) is 5.85. The predicted molar refractivity (Wildman–Crippen MR) is 60.0 cm³/mol. The van der Waals surface area contributed by atoms with Crippen molar-refractivity contribution in [3.8, 4) is 0 Å². The fraction of sp³-hybridized carbons (Fsp3) is 0.538. The lowest BCUT2D eigenvalue weighted by atomic mass is 9.80. The van der Waals surface area contributed by atoms with Crippen LogP contribution in [0, 0.1) is 17.6 Å². The van der Waals surface area contributed by atoms with Crippen LogP contribution in [0.5, 0.6) is 0 Å². The van der Waals surface area contributed by atoms with Crippen LogP contribution < -0.4 is 5.73 Å². The normalized spacial score (nSPS) is 18.2. The molecule has 1 aliphatic rings.